The maximum atomic E-state index is 10.4. The molecule has 1 N–H and O–H groups in total. The first-order valence-electron chi connectivity index (χ1n) is 2.85. The van der Waals surface area contributed by atoms with Gasteiger partial charge in [-0.2, -0.15) is 5.16 Å². The highest BCUT2D eigenvalue weighted by molar-refractivity contribution is 5.77. The van der Waals surface area contributed by atoms with Crippen molar-refractivity contribution in [3.05, 3.63) is 22.2 Å². The summed E-state index contributed by atoms with van der Waals surface area (Å²) in [4.78, 5) is 20.9. The summed E-state index contributed by atoms with van der Waals surface area (Å²) < 4.78 is 4.62. The fourth-order valence-electron chi connectivity index (χ4n) is 0.653. The van der Waals surface area contributed by atoms with Crippen molar-refractivity contribution in [2.45, 2.75) is 20.8 Å². The van der Waals surface area contributed by atoms with Gasteiger partial charge in [0.15, 0.2) is 0 Å². The molecule has 62 valence electrons. The van der Waals surface area contributed by atoms with Crippen LogP contribution in [0.4, 0.5) is 0 Å². The van der Waals surface area contributed by atoms with Crippen LogP contribution in [0.25, 0.3) is 0 Å². The van der Waals surface area contributed by atoms with Crippen LogP contribution in [0.15, 0.2) is 15.4 Å². The normalized spacial score (nSPS) is 8.82. The van der Waals surface area contributed by atoms with Crippen LogP contribution in [0.3, 0.4) is 0 Å². The molecule has 1 aromatic heterocycles. The SMILES string of the molecule is C.CC(=O)Cc1cc(=O)[nH]o1. The van der Waals surface area contributed by atoms with E-state index in [0.717, 1.165) is 0 Å². The number of Topliss-reactive ketones (excluding diaryl/α,β-unsaturated/α-hetero) is 1. The van der Waals surface area contributed by atoms with Crippen LogP contribution in [-0.4, -0.2) is 10.9 Å². The van der Waals surface area contributed by atoms with E-state index in [1.807, 2.05) is 0 Å². The summed E-state index contributed by atoms with van der Waals surface area (Å²) in [6.07, 6.45) is 0.179. The fourth-order valence-corrected chi connectivity index (χ4v) is 0.653. The Morgan fingerprint density at radius 3 is 2.73 bits per heavy atom. The third kappa shape index (κ3) is 2.84. The number of rotatable bonds is 2. The Morgan fingerprint density at radius 2 is 2.36 bits per heavy atom. The number of hydrogen-bond acceptors (Lipinski definition) is 3. The van der Waals surface area contributed by atoms with Crippen molar-refractivity contribution in [1.29, 1.82) is 0 Å². The molecule has 0 amide bonds. The maximum absolute atomic E-state index is 10.4. The highest BCUT2D eigenvalue weighted by atomic mass is 16.5. The van der Waals surface area contributed by atoms with Crippen LogP contribution in [0, 0.1) is 0 Å². The summed E-state index contributed by atoms with van der Waals surface area (Å²) in [7, 11) is 0. The molecule has 0 saturated carbocycles. The Balaban J connectivity index is 0.000001000. The second-order valence-electron chi connectivity index (χ2n) is 2.06. The van der Waals surface area contributed by atoms with Crippen LogP contribution in [0.5, 0.6) is 0 Å². The van der Waals surface area contributed by atoms with Crippen molar-refractivity contribution < 1.29 is 9.32 Å². The Labute approximate surface area is 64.2 Å². The molecule has 4 nitrogen and oxygen atoms in total. The van der Waals surface area contributed by atoms with Gasteiger partial charge in [0.1, 0.15) is 11.5 Å². The van der Waals surface area contributed by atoms with Gasteiger partial charge in [0, 0.05) is 6.07 Å². The molecular weight excluding hydrogens is 146 g/mol. The molecule has 0 aromatic carbocycles. The number of aromatic nitrogens is 1. The molecule has 0 aliphatic carbocycles. The molecule has 11 heavy (non-hydrogen) atoms. The standard InChI is InChI=1S/C6H7NO3.CH4/c1-4(8)2-5-3-6(9)7-10-5;/h3H,2H2,1H3,(H,7,9);1H4. The summed E-state index contributed by atoms with van der Waals surface area (Å²) in [6.45, 7) is 1.44. The van der Waals surface area contributed by atoms with Crippen LogP contribution < -0.4 is 5.56 Å². The Kier molecular flexibility index (Phi) is 3.30. The number of carbonyl (C=O) groups is 1. The number of ketones is 1. The Hall–Kier alpha value is -1.32. The summed E-state index contributed by atoms with van der Waals surface area (Å²) in [5, 5.41) is 2.09. The van der Waals surface area contributed by atoms with E-state index in [2.05, 4.69) is 9.68 Å². The van der Waals surface area contributed by atoms with Gasteiger partial charge in [-0.3, -0.25) is 9.59 Å². The second kappa shape index (κ2) is 3.75. The predicted molar refractivity (Wildman–Crippen MR) is 40.4 cm³/mol. The average molecular weight is 157 g/mol. The fraction of sp³-hybridized carbons (Fsp3) is 0.429. The van der Waals surface area contributed by atoms with Gasteiger partial charge in [-0.05, 0) is 6.92 Å². The summed E-state index contributed by atoms with van der Waals surface area (Å²) in [6, 6.07) is 1.27. The van der Waals surface area contributed by atoms with Crippen molar-refractivity contribution in [3.63, 3.8) is 0 Å². The summed E-state index contributed by atoms with van der Waals surface area (Å²) >= 11 is 0. The summed E-state index contributed by atoms with van der Waals surface area (Å²) in [5.74, 6) is 0.361. The zero-order valence-electron chi connectivity index (χ0n) is 5.51. The molecule has 1 rings (SSSR count). The van der Waals surface area contributed by atoms with Crippen molar-refractivity contribution in [2.75, 3.05) is 0 Å². The second-order valence-corrected chi connectivity index (χ2v) is 2.06. The van der Waals surface area contributed by atoms with Gasteiger partial charge in [0.25, 0.3) is 5.56 Å². The molecular formula is C7H11NO3. The number of carbonyl (C=O) groups excluding carboxylic acids is 1. The molecule has 0 fully saturated rings. The average Bonchev–Trinajstić information content (AvgIpc) is 2.13. The van der Waals surface area contributed by atoms with Gasteiger partial charge in [0.05, 0.1) is 6.42 Å². The molecule has 0 atom stereocenters. The zero-order chi connectivity index (χ0) is 7.56. The lowest BCUT2D eigenvalue weighted by Gasteiger charge is -1.84. The van der Waals surface area contributed by atoms with Gasteiger partial charge in [-0.15, -0.1) is 0 Å². The third-order valence-electron chi connectivity index (χ3n) is 0.998. The topological polar surface area (TPSA) is 63.1 Å². The van der Waals surface area contributed by atoms with Crippen LogP contribution in [-0.2, 0) is 11.2 Å². The van der Waals surface area contributed by atoms with Crippen molar-refractivity contribution in [2.24, 2.45) is 0 Å². The number of nitrogens with one attached hydrogen (secondary N) is 1. The lowest BCUT2D eigenvalue weighted by molar-refractivity contribution is -0.116. The minimum absolute atomic E-state index is 0. The lowest BCUT2D eigenvalue weighted by Crippen LogP contribution is -1.96. The number of hydrogen-bond donors (Lipinski definition) is 1. The third-order valence-corrected chi connectivity index (χ3v) is 0.998. The molecule has 1 aromatic rings. The molecule has 0 spiro atoms. The van der Waals surface area contributed by atoms with Gasteiger partial charge in [0.2, 0.25) is 0 Å². The van der Waals surface area contributed by atoms with E-state index < -0.39 is 0 Å². The first-order chi connectivity index (χ1) is 4.68. The van der Waals surface area contributed by atoms with Crippen LogP contribution >= 0.6 is 0 Å². The van der Waals surface area contributed by atoms with E-state index in [1.54, 1.807) is 0 Å². The number of H-pyrrole nitrogens is 1. The van der Waals surface area contributed by atoms with Gasteiger partial charge < -0.3 is 4.52 Å². The van der Waals surface area contributed by atoms with Crippen LogP contribution in [0.2, 0.25) is 0 Å². The van der Waals surface area contributed by atoms with Crippen LogP contribution in [0.1, 0.15) is 20.1 Å². The lowest BCUT2D eigenvalue weighted by atomic mass is 10.2. The largest absolute Gasteiger partial charge is 0.383 e. The first kappa shape index (κ1) is 9.68. The Morgan fingerprint density at radius 1 is 1.73 bits per heavy atom. The highest BCUT2D eigenvalue weighted by Gasteiger charge is 2.01. The van der Waals surface area contributed by atoms with Crippen molar-refractivity contribution in [3.8, 4) is 0 Å². The predicted octanol–water partition coefficient (Wildman–Crippen LogP) is 0.735. The molecule has 0 unspecified atom stereocenters. The quantitative estimate of drug-likeness (QED) is 0.688. The molecule has 0 radical (unpaired) electrons. The highest BCUT2D eigenvalue weighted by Crippen LogP contribution is 1.93. The smallest absolute Gasteiger partial charge is 0.280 e. The maximum Gasteiger partial charge on any atom is 0.280 e. The van der Waals surface area contributed by atoms with Crippen molar-refractivity contribution >= 4 is 5.78 Å². The van der Waals surface area contributed by atoms with E-state index in [-0.39, 0.29) is 25.2 Å². The van der Waals surface area contributed by atoms with E-state index in [1.165, 1.54) is 13.0 Å². The summed E-state index contributed by atoms with van der Waals surface area (Å²) in [5.41, 5.74) is -0.309. The molecule has 0 bridgehead atoms. The van der Waals surface area contributed by atoms with E-state index in [0.29, 0.717) is 5.76 Å². The molecule has 4 heteroatoms. The number of aromatic amines is 1. The molecule has 0 aliphatic rings. The molecule has 0 saturated heterocycles. The molecule has 1 heterocycles. The minimum Gasteiger partial charge on any atom is -0.383 e. The van der Waals surface area contributed by atoms with Gasteiger partial charge >= 0.3 is 0 Å². The van der Waals surface area contributed by atoms with E-state index >= 15 is 0 Å². The first-order valence-corrected chi connectivity index (χ1v) is 2.85. The monoisotopic (exact) mass is 157 g/mol. The Bertz CT molecular complexity index is 284. The van der Waals surface area contributed by atoms with Gasteiger partial charge in [-0.25, -0.2) is 0 Å². The van der Waals surface area contributed by atoms with E-state index in [9.17, 15) is 9.59 Å². The van der Waals surface area contributed by atoms with Crippen molar-refractivity contribution in [1.82, 2.24) is 5.16 Å². The van der Waals surface area contributed by atoms with E-state index in [4.69, 9.17) is 0 Å². The molecule has 0 aliphatic heterocycles. The minimum atomic E-state index is -0.309. The van der Waals surface area contributed by atoms with Gasteiger partial charge in [-0.1, -0.05) is 7.43 Å². The zero-order valence-corrected chi connectivity index (χ0v) is 5.51.